The number of rotatable bonds is 3. The Morgan fingerprint density at radius 1 is 1.28 bits per heavy atom. The first-order valence-electron chi connectivity index (χ1n) is 8.87. The summed E-state index contributed by atoms with van der Waals surface area (Å²) in [7, 11) is 0. The molecule has 132 valence electrons. The number of fused-ring (bicyclic) bond motifs is 3. The molecule has 0 saturated carbocycles. The molecule has 2 aliphatic rings. The van der Waals surface area contributed by atoms with E-state index >= 15 is 0 Å². The van der Waals surface area contributed by atoms with E-state index in [-0.39, 0.29) is 18.1 Å². The maximum absolute atomic E-state index is 13.0. The van der Waals surface area contributed by atoms with Crippen molar-refractivity contribution >= 4 is 11.7 Å². The van der Waals surface area contributed by atoms with Gasteiger partial charge in [0.25, 0.3) is 0 Å². The van der Waals surface area contributed by atoms with E-state index in [1.807, 2.05) is 43.0 Å². The fourth-order valence-corrected chi connectivity index (χ4v) is 3.94. The summed E-state index contributed by atoms with van der Waals surface area (Å²) in [5.41, 5.74) is 0.716. The monoisotopic (exact) mass is 341 g/mol. The molecule has 1 aromatic carbocycles. The van der Waals surface area contributed by atoms with Crippen LogP contribution in [0.5, 0.6) is 5.75 Å². The van der Waals surface area contributed by atoms with Gasteiger partial charge < -0.3 is 19.5 Å². The van der Waals surface area contributed by atoms with Crippen LogP contribution in [0.25, 0.3) is 0 Å². The lowest BCUT2D eigenvalue weighted by Crippen LogP contribution is -2.44. The molecule has 0 aliphatic carbocycles. The van der Waals surface area contributed by atoms with Gasteiger partial charge in [-0.2, -0.15) is 0 Å². The number of carbonyl (C=O) groups is 1. The highest BCUT2D eigenvalue weighted by Crippen LogP contribution is 2.33. The predicted molar refractivity (Wildman–Crippen MR) is 93.7 cm³/mol. The molecule has 2 aromatic rings. The molecule has 2 unspecified atom stereocenters. The van der Waals surface area contributed by atoms with Gasteiger partial charge in [-0.25, -0.2) is 4.79 Å². The number of carbonyl (C=O) groups excluding carboxylic acids is 1. The summed E-state index contributed by atoms with van der Waals surface area (Å²) in [5, 5.41) is 11.5. The Kier molecular flexibility index (Phi) is 4.07. The van der Waals surface area contributed by atoms with Crippen molar-refractivity contribution in [3.8, 4) is 5.75 Å². The molecular formula is C18H23N5O2. The van der Waals surface area contributed by atoms with Gasteiger partial charge in [0.1, 0.15) is 17.4 Å². The van der Waals surface area contributed by atoms with Crippen LogP contribution < -0.4 is 10.1 Å². The number of nitrogens with one attached hydrogen (secondary N) is 1. The van der Waals surface area contributed by atoms with E-state index in [1.54, 1.807) is 0 Å². The summed E-state index contributed by atoms with van der Waals surface area (Å²) < 4.78 is 7.77. The third-order valence-electron chi connectivity index (χ3n) is 5.11. The Balaban J connectivity index is 1.55. The summed E-state index contributed by atoms with van der Waals surface area (Å²) in [4.78, 5) is 15.0. The molecule has 2 atom stereocenters. The minimum atomic E-state index is -0.0592. The van der Waals surface area contributed by atoms with Crippen LogP contribution in [0.4, 0.5) is 10.5 Å². The normalized spacial score (nSPS) is 21.6. The van der Waals surface area contributed by atoms with E-state index in [1.165, 1.54) is 0 Å². The second kappa shape index (κ2) is 6.38. The lowest BCUT2D eigenvalue weighted by atomic mass is 10.1. The largest absolute Gasteiger partial charge is 0.492 e. The number of benzene rings is 1. The highest BCUT2D eigenvalue weighted by molar-refractivity contribution is 5.91. The minimum absolute atomic E-state index is 0.0592. The van der Waals surface area contributed by atoms with Crippen molar-refractivity contribution < 1.29 is 9.53 Å². The molecule has 1 aromatic heterocycles. The number of ether oxygens (including phenoxy) is 1. The van der Waals surface area contributed by atoms with E-state index in [2.05, 4.69) is 20.1 Å². The topological polar surface area (TPSA) is 72.3 Å². The summed E-state index contributed by atoms with van der Waals surface area (Å²) in [6.45, 7) is 5.24. The van der Waals surface area contributed by atoms with Gasteiger partial charge in [-0.1, -0.05) is 12.1 Å². The molecule has 1 saturated heterocycles. The summed E-state index contributed by atoms with van der Waals surface area (Å²) in [6, 6.07) is 7.86. The highest BCUT2D eigenvalue weighted by Gasteiger charge is 2.41. The number of urea groups is 1. The van der Waals surface area contributed by atoms with Crippen LogP contribution in [-0.2, 0) is 13.0 Å². The van der Waals surface area contributed by atoms with Crippen LogP contribution in [0.1, 0.15) is 31.4 Å². The van der Waals surface area contributed by atoms with Crippen molar-refractivity contribution in [2.75, 3.05) is 11.9 Å². The standard InChI is InChI=1S/C18H23N5O2/c1-3-25-16-7-5-4-6-15(16)19-18(24)23-13-8-9-14(23)11-22-12(2)20-21-17(22)10-13/h4-7,13-14H,3,8-11H2,1-2H3,(H,19,24). The molecule has 7 heteroatoms. The van der Waals surface area contributed by atoms with Gasteiger partial charge in [0.15, 0.2) is 0 Å². The second-order valence-corrected chi connectivity index (χ2v) is 6.63. The van der Waals surface area contributed by atoms with E-state index in [0.717, 1.165) is 37.5 Å². The second-order valence-electron chi connectivity index (χ2n) is 6.63. The van der Waals surface area contributed by atoms with Gasteiger partial charge in [-0.05, 0) is 38.8 Å². The average molecular weight is 341 g/mol. The molecule has 2 amide bonds. The van der Waals surface area contributed by atoms with Crippen molar-refractivity contribution in [2.24, 2.45) is 0 Å². The molecule has 4 rings (SSSR count). The first kappa shape index (κ1) is 15.9. The lowest BCUT2D eigenvalue weighted by Gasteiger charge is -2.28. The summed E-state index contributed by atoms with van der Waals surface area (Å²) in [6.07, 6.45) is 2.79. The smallest absolute Gasteiger partial charge is 0.322 e. The Morgan fingerprint density at radius 2 is 2.08 bits per heavy atom. The van der Waals surface area contributed by atoms with Crippen molar-refractivity contribution in [2.45, 2.75) is 51.7 Å². The van der Waals surface area contributed by atoms with Crippen molar-refractivity contribution in [1.82, 2.24) is 19.7 Å². The van der Waals surface area contributed by atoms with Crippen LogP contribution in [0.3, 0.4) is 0 Å². The van der Waals surface area contributed by atoms with Gasteiger partial charge in [-0.15, -0.1) is 10.2 Å². The molecule has 2 bridgehead atoms. The van der Waals surface area contributed by atoms with Crippen LogP contribution >= 0.6 is 0 Å². The molecule has 1 fully saturated rings. The maximum atomic E-state index is 13.0. The van der Waals surface area contributed by atoms with Crippen molar-refractivity contribution in [1.29, 1.82) is 0 Å². The Morgan fingerprint density at radius 3 is 2.92 bits per heavy atom. The van der Waals surface area contributed by atoms with Crippen LogP contribution in [0.15, 0.2) is 24.3 Å². The average Bonchev–Trinajstić information content (AvgIpc) is 3.08. The zero-order valence-electron chi connectivity index (χ0n) is 14.6. The quantitative estimate of drug-likeness (QED) is 0.931. The van der Waals surface area contributed by atoms with Crippen molar-refractivity contribution in [3.63, 3.8) is 0 Å². The zero-order chi connectivity index (χ0) is 17.4. The SMILES string of the molecule is CCOc1ccccc1NC(=O)N1C2CCC1Cn1c(C)nnc1C2. The number of para-hydroxylation sites is 2. The van der Waals surface area contributed by atoms with E-state index in [4.69, 9.17) is 4.74 Å². The third kappa shape index (κ3) is 2.83. The zero-order valence-corrected chi connectivity index (χ0v) is 14.6. The summed E-state index contributed by atoms with van der Waals surface area (Å²) in [5.74, 6) is 2.61. The molecule has 0 radical (unpaired) electrons. The van der Waals surface area contributed by atoms with Crippen LogP contribution in [-0.4, -0.2) is 44.4 Å². The van der Waals surface area contributed by atoms with Gasteiger partial charge in [0, 0.05) is 19.0 Å². The molecule has 7 nitrogen and oxygen atoms in total. The molecule has 1 N–H and O–H groups in total. The van der Waals surface area contributed by atoms with E-state index < -0.39 is 0 Å². The number of hydrogen-bond acceptors (Lipinski definition) is 4. The Bertz CT molecular complexity index is 788. The lowest BCUT2D eigenvalue weighted by molar-refractivity contribution is 0.184. The highest BCUT2D eigenvalue weighted by atomic mass is 16.5. The Hall–Kier alpha value is -2.57. The number of aryl methyl sites for hydroxylation is 1. The molecule has 25 heavy (non-hydrogen) atoms. The number of nitrogens with zero attached hydrogens (tertiary/aromatic N) is 4. The van der Waals surface area contributed by atoms with Gasteiger partial charge in [0.05, 0.1) is 18.3 Å². The van der Waals surface area contributed by atoms with E-state index in [0.29, 0.717) is 18.0 Å². The number of aromatic nitrogens is 3. The van der Waals surface area contributed by atoms with Crippen LogP contribution in [0, 0.1) is 6.92 Å². The molecule has 0 spiro atoms. The molecular weight excluding hydrogens is 318 g/mol. The minimum Gasteiger partial charge on any atom is -0.492 e. The first-order chi connectivity index (χ1) is 12.2. The summed E-state index contributed by atoms with van der Waals surface area (Å²) >= 11 is 0. The Labute approximate surface area is 147 Å². The number of anilines is 1. The van der Waals surface area contributed by atoms with E-state index in [9.17, 15) is 4.79 Å². The van der Waals surface area contributed by atoms with Gasteiger partial charge in [-0.3, -0.25) is 0 Å². The molecule has 3 heterocycles. The number of amides is 2. The first-order valence-corrected chi connectivity index (χ1v) is 8.87. The third-order valence-corrected chi connectivity index (χ3v) is 5.11. The van der Waals surface area contributed by atoms with Gasteiger partial charge >= 0.3 is 6.03 Å². The van der Waals surface area contributed by atoms with Crippen molar-refractivity contribution in [3.05, 3.63) is 35.9 Å². The van der Waals surface area contributed by atoms with Gasteiger partial charge in [0.2, 0.25) is 0 Å². The predicted octanol–water partition coefficient (Wildman–Crippen LogP) is 2.61. The maximum Gasteiger partial charge on any atom is 0.322 e. The molecule has 2 aliphatic heterocycles. The fourth-order valence-electron chi connectivity index (χ4n) is 3.94. The van der Waals surface area contributed by atoms with Crippen LogP contribution in [0.2, 0.25) is 0 Å². The number of hydrogen-bond donors (Lipinski definition) is 1. The fraction of sp³-hybridized carbons (Fsp3) is 0.500.